The van der Waals surface area contributed by atoms with Crippen LogP contribution >= 0.6 is 0 Å². The number of carbonyl (C=O) groups excluding carboxylic acids is 2. The van der Waals surface area contributed by atoms with Crippen LogP contribution in [0.2, 0.25) is 0 Å². The number of aliphatic carboxylic acids is 1. The first kappa shape index (κ1) is 20.4. The minimum absolute atomic E-state index is 0.225. The first-order valence-corrected chi connectivity index (χ1v) is 8.89. The van der Waals surface area contributed by atoms with Crippen molar-refractivity contribution in [2.75, 3.05) is 13.1 Å². The van der Waals surface area contributed by atoms with Crippen LogP contribution < -0.4 is 10.6 Å². The number of nitrogens with one attached hydrogen (secondary N) is 2. The average molecular weight is 375 g/mol. The number of rotatable bonds is 8. The maximum Gasteiger partial charge on any atom is 0.344 e. The summed E-state index contributed by atoms with van der Waals surface area (Å²) in [6.07, 6.45) is -0.151. The molecule has 8 nitrogen and oxygen atoms in total. The van der Waals surface area contributed by atoms with Gasteiger partial charge < -0.3 is 20.5 Å². The van der Waals surface area contributed by atoms with E-state index in [4.69, 9.17) is 4.74 Å². The number of aliphatic imine (C=N–C) groups is 1. The number of hydrogen-bond donors (Lipinski definition) is 3. The van der Waals surface area contributed by atoms with Gasteiger partial charge in [0.2, 0.25) is 11.4 Å². The summed E-state index contributed by atoms with van der Waals surface area (Å²) in [5.74, 6) is -2.29. The molecule has 146 valence electrons. The van der Waals surface area contributed by atoms with Gasteiger partial charge in [-0.1, -0.05) is 31.2 Å². The minimum atomic E-state index is -2.18. The van der Waals surface area contributed by atoms with E-state index < -0.39 is 29.5 Å². The van der Waals surface area contributed by atoms with Crippen molar-refractivity contribution in [3.8, 4) is 0 Å². The summed E-state index contributed by atoms with van der Waals surface area (Å²) < 4.78 is 5.24. The zero-order chi connectivity index (χ0) is 20.0. The zero-order valence-corrected chi connectivity index (χ0v) is 15.7. The Morgan fingerprint density at radius 2 is 2.00 bits per heavy atom. The molecule has 0 saturated carbocycles. The molecule has 1 aromatic carbocycles. The Balaban J connectivity index is 2.30. The Labute approximate surface area is 158 Å². The second-order valence-electron chi connectivity index (χ2n) is 6.55. The maximum atomic E-state index is 12.6. The fraction of sp³-hybridized carbons (Fsp3) is 0.474. The van der Waals surface area contributed by atoms with E-state index in [1.54, 1.807) is 31.2 Å². The van der Waals surface area contributed by atoms with Gasteiger partial charge in [-0.3, -0.25) is 9.79 Å². The fourth-order valence-corrected chi connectivity index (χ4v) is 2.73. The largest absolute Gasteiger partial charge is 0.479 e. The molecule has 2 rings (SSSR count). The second-order valence-corrected chi connectivity index (χ2v) is 6.55. The van der Waals surface area contributed by atoms with E-state index in [0.717, 1.165) is 17.9 Å². The first-order chi connectivity index (χ1) is 12.8. The number of nitrogens with zero attached hydrogens (tertiary/aromatic N) is 1. The van der Waals surface area contributed by atoms with Crippen LogP contribution in [0.15, 0.2) is 29.3 Å². The summed E-state index contributed by atoms with van der Waals surface area (Å²) in [4.78, 5) is 40.6. The fourth-order valence-electron chi connectivity index (χ4n) is 2.73. The number of hydrogen-bond acceptors (Lipinski definition) is 6. The molecule has 1 heterocycles. The highest BCUT2D eigenvalue weighted by atomic mass is 16.5. The van der Waals surface area contributed by atoms with E-state index >= 15 is 0 Å². The molecular formula is C19H25N3O5. The lowest BCUT2D eigenvalue weighted by Crippen LogP contribution is -2.62. The molecule has 0 bridgehead atoms. The third kappa shape index (κ3) is 4.84. The van der Waals surface area contributed by atoms with Gasteiger partial charge in [-0.25, -0.2) is 9.59 Å². The van der Waals surface area contributed by atoms with E-state index in [-0.39, 0.29) is 6.42 Å². The van der Waals surface area contributed by atoms with E-state index in [0.29, 0.717) is 18.5 Å². The number of ether oxygens (including phenoxy) is 1. The summed E-state index contributed by atoms with van der Waals surface area (Å²) in [6.45, 7) is 6.15. The number of amides is 1. The molecule has 2 atom stereocenters. The summed E-state index contributed by atoms with van der Waals surface area (Å²) in [5, 5.41) is 15.2. The smallest absolute Gasteiger partial charge is 0.344 e. The lowest BCUT2D eigenvalue weighted by atomic mass is 9.90. The average Bonchev–Trinajstić information content (AvgIpc) is 3.15. The van der Waals surface area contributed by atoms with Crippen LogP contribution in [0.5, 0.6) is 0 Å². The van der Waals surface area contributed by atoms with E-state index in [1.165, 1.54) is 6.92 Å². The van der Waals surface area contributed by atoms with Gasteiger partial charge in [0.25, 0.3) is 0 Å². The van der Waals surface area contributed by atoms with Crippen molar-refractivity contribution in [1.29, 1.82) is 0 Å². The van der Waals surface area contributed by atoms with Crippen molar-refractivity contribution in [2.24, 2.45) is 4.99 Å². The van der Waals surface area contributed by atoms with E-state index in [9.17, 15) is 19.5 Å². The molecule has 0 spiro atoms. The Morgan fingerprint density at radius 3 is 2.48 bits per heavy atom. The minimum Gasteiger partial charge on any atom is -0.479 e. The second kappa shape index (κ2) is 8.66. The van der Waals surface area contributed by atoms with Crippen LogP contribution in [0.4, 0.5) is 0 Å². The van der Waals surface area contributed by atoms with Crippen molar-refractivity contribution in [3.05, 3.63) is 35.4 Å². The van der Waals surface area contributed by atoms with Crippen molar-refractivity contribution in [1.82, 2.24) is 10.6 Å². The molecule has 1 amide bonds. The quantitative estimate of drug-likeness (QED) is 0.459. The van der Waals surface area contributed by atoms with Gasteiger partial charge >= 0.3 is 11.9 Å². The standard InChI is InChI=1S/C19H25N3O5/c1-4-12(2)27-18(26)19(17(24)25,22-13(3)23)11-14-5-7-15(8-6-14)16-20-9-10-21-16/h5-8,12H,4,9-11H2,1-3H3,(H,20,21)(H,22,23)(H,24,25). The highest BCUT2D eigenvalue weighted by Gasteiger charge is 2.49. The number of carboxylic acids is 1. The van der Waals surface area contributed by atoms with Crippen LogP contribution in [-0.4, -0.2) is 53.5 Å². The van der Waals surface area contributed by atoms with Gasteiger partial charge in [0.05, 0.1) is 12.6 Å². The molecule has 3 N–H and O–H groups in total. The molecule has 0 aromatic heterocycles. The lowest BCUT2D eigenvalue weighted by molar-refractivity contribution is -0.168. The molecule has 1 aromatic rings. The van der Waals surface area contributed by atoms with E-state index in [2.05, 4.69) is 15.6 Å². The summed E-state index contributed by atoms with van der Waals surface area (Å²) >= 11 is 0. The molecule has 1 aliphatic rings. The molecule has 2 unspecified atom stereocenters. The summed E-state index contributed by atoms with van der Waals surface area (Å²) in [5.41, 5.74) is -0.728. The van der Waals surface area contributed by atoms with Gasteiger partial charge in [0.15, 0.2) is 0 Å². The topological polar surface area (TPSA) is 117 Å². The number of carboxylic acid groups (broad SMARTS) is 1. The van der Waals surface area contributed by atoms with Crippen LogP contribution in [0.1, 0.15) is 38.3 Å². The SMILES string of the molecule is CCC(C)OC(=O)C(Cc1ccc(C2=NCCN2)cc1)(NC(C)=O)C(=O)O. The number of esters is 1. The summed E-state index contributed by atoms with van der Waals surface area (Å²) in [6, 6.07) is 7.03. The van der Waals surface area contributed by atoms with E-state index in [1.807, 2.05) is 6.92 Å². The Hall–Kier alpha value is -2.90. The maximum absolute atomic E-state index is 12.6. The van der Waals surface area contributed by atoms with Crippen molar-refractivity contribution >= 4 is 23.7 Å². The molecule has 8 heteroatoms. The highest BCUT2D eigenvalue weighted by molar-refractivity contribution is 6.07. The highest BCUT2D eigenvalue weighted by Crippen LogP contribution is 2.19. The zero-order valence-electron chi connectivity index (χ0n) is 15.7. The van der Waals surface area contributed by atoms with Gasteiger partial charge in [0, 0.05) is 25.5 Å². The molecule has 0 aliphatic carbocycles. The molecule has 27 heavy (non-hydrogen) atoms. The lowest BCUT2D eigenvalue weighted by Gasteiger charge is -2.29. The normalized spacial score (nSPS) is 16.5. The van der Waals surface area contributed by atoms with Crippen molar-refractivity contribution in [3.63, 3.8) is 0 Å². The summed E-state index contributed by atoms with van der Waals surface area (Å²) in [7, 11) is 0. The van der Waals surface area contributed by atoms with Crippen molar-refractivity contribution in [2.45, 2.75) is 45.3 Å². The third-order valence-electron chi connectivity index (χ3n) is 4.36. The van der Waals surface area contributed by atoms with Crippen molar-refractivity contribution < 1.29 is 24.2 Å². The van der Waals surface area contributed by atoms with Crippen LogP contribution in [-0.2, 0) is 25.5 Å². The molecule has 0 saturated heterocycles. The van der Waals surface area contributed by atoms with Crippen LogP contribution in [0.25, 0.3) is 0 Å². The predicted molar refractivity (Wildman–Crippen MR) is 99.6 cm³/mol. The van der Waals surface area contributed by atoms with Gasteiger partial charge in [-0.2, -0.15) is 0 Å². The van der Waals surface area contributed by atoms with Crippen LogP contribution in [0, 0.1) is 0 Å². The Kier molecular flexibility index (Phi) is 6.55. The number of benzene rings is 1. The third-order valence-corrected chi connectivity index (χ3v) is 4.36. The predicted octanol–water partition coefficient (Wildman–Crippen LogP) is 0.880. The molecule has 0 fully saturated rings. The molecule has 0 radical (unpaired) electrons. The molecule has 1 aliphatic heterocycles. The van der Waals surface area contributed by atoms with Gasteiger partial charge in [0.1, 0.15) is 5.84 Å². The van der Waals surface area contributed by atoms with Gasteiger partial charge in [-0.05, 0) is 18.9 Å². The Bertz CT molecular complexity index is 744. The number of carbonyl (C=O) groups is 3. The Morgan fingerprint density at radius 1 is 1.33 bits per heavy atom. The van der Waals surface area contributed by atoms with Crippen LogP contribution in [0.3, 0.4) is 0 Å². The number of amidine groups is 1. The van der Waals surface area contributed by atoms with Gasteiger partial charge in [-0.15, -0.1) is 0 Å². The monoisotopic (exact) mass is 375 g/mol. The molecular weight excluding hydrogens is 350 g/mol. The first-order valence-electron chi connectivity index (χ1n) is 8.89.